The third-order valence-electron chi connectivity index (χ3n) is 5.81. The highest BCUT2D eigenvalue weighted by Gasteiger charge is 2.47. The van der Waals surface area contributed by atoms with Gasteiger partial charge in [0.1, 0.15) is 17.3 Å². The van der Waals surface area contributed by atoms with Gasteiger partial charge in [0, 0.05) is 18.1 Å². The van der Waals surface area contributed by atoms with Crippen molar-refractivity contribution in [2.24, 2.45) is 5.92 Å². The number of nitrogens with zero attached hydrogens (tertiary/aromatic N) is 1. The van der Waals surface area contributed by atoms with Crippen molar-refractivity contribution in [1.82, 2.24) is 0 Å². The number of ether oxygens (including phenoxy) is 1. The van der Waals surface area contributed by atoms with Gasteiger partial charge in [0.05, 0.1) is 21.4 Å². The maximum atomic E-state index is 13.5. The Kier molecular flexibility index (Phi) is 4.94. The molecule has 9 heteroatoms. The number of ketones is 1. The van der Waals surface area contributed by atoms with Crippen LogP contribution in [-0.4, -0.2) is 21.8 Å². The highest BCUT2D eigenvalue weighted by molar-refractivity contribution is 6.12. The second-order valence-corrected chi connectivity index (χ2v) is 7.73. The summed E-state index contributed by atoms with van der Waals surface area (Å²) in [5.74, 6) is -4.73. The Balaban J connectivity index is 1.77. The van der Waals surface area contributed by atoms with E-state index in [2.05, 4.69) is 0 Å². The number of aromatic hydroxyl groups is 1. The number of esters is 1. The van der Waals surface area contributed by atoms with Crippen LogP contribution in [0, 0.1) is 16.0 Å². The van der Waals surface area contributed by atoms with Gasteiger partial charge in [-0.05, 0) is 29.8 Å². The number of phenols is 1. The maximum Gasteiger partial charge on any atom is 0.343 e. The van der Waals surface area contributed by atoms with Gasteiger partial charge >= 0.3 is 11.6 Å². The fourth-order valence-electron chi connectivity index (χ4n) is 4.25. The summed E-state index contributed by atoms with van der Waals surface area (Å²) in [7, 11) is 0. The number of hydrogen-bond donors (Lipinski definition) is 1. The van der Waals surface area contributed by atoms with Gasteiger partial charge in [-0.3, -0.25) is 19.7 Å². The molecule has 0 fully saturated rings. The quantitative estimate of drug-likeness (QED) is 0.121. The minimum atomic E-state index is -1.54. The highest BCUT2D eigenvalue weighted by atomic mass is 16.6. The molecule has 0 bridgehead atoms. The first kappa shape index (κ1) is 21.1. The van der Waals surface area contributed by atoms with E-state index >= 15 is 0 Å². The number of hydrogen-bond acceptors (Lipinski definition) is 8. The standard InChI is InChI=1S/C25H15NO8/c27-17-7-3-1-5-15(17)22(28)20-19(13-9-11-14(12-10-13)26(31)32)21-23(34-24(20)29)16-6-2-4-8-18(16)33-25(21)30/h1-12,19-20,27H/t19-,20+/m1/s1. The fraction of sp³-hybridized carbons (Fsp3) is 0.0800. The number of para-hydroxylation sites is 2. The van der Waals surface area contributed by atoms with Crippen LogP contribution >= 0.6 is 0 Å². The second-order valence-electron chi connectivity index (χ2n) is 7.73. The van der Waals surface area contributed by atoms with Gasteiger partial charge in [-0.15, -0.1) is 0 Å². The summed E-state index contributed by atoms with van der Waals surface area (Å²) in [4.78, 5) is 50.3. The predicted molar refractivity (Wildman–Crippen MR) is 119 cm³/mol. The second kappa shape index (κ2) is 7.96. The van der Waals surface area contributed by atoms with Gasteiger partial charge in [0.2, 0.25) is 0 Å². The third kappa shape index (κ3) is 3.30. The van der Waals surface area contributed by atoms with Gasteiger partial charge in [-0.1, -0.05) is 36.4 Å². The Labute approximate surface area is 191 Å². The summed E-state index contributed by atoms with van der Waals surface area (Å²) in [6.45, 7) is 0. The van der Waals surface area contributed by atoms with E-state index in [-0.39, 0.29) is 33.9 Å². The summed E-state index contributed by atoms with van der Waals surface area (Å²) < 4.78 is 11.0. The largest absolute Gasteiger partial charge is 0.507 e. The van der Waals surface area contributed by atoms with E-state index in [1.165, 1.54) is 48.5 Å². The molecular formula is C25H15NO8. The molecule has 0 amide bonds. The molecule has 1 aliphatic rings. The van der Waals surface area contributed by atoms with Gasteiger partial charge in [-0.25, -0.2) is 4.79 Å². The van der Waals surface area contributed by atoms with Crippen LogP contribution in [-0.2, 0) is 4.79 Å². The molecule has 168 valence electrons. The summed E-state index contributed by atoms with van der Waals surface area (Å²) >= 11 is 0. The Morgan fingerprint density at radius 1 is 0.941 bits per heavy atom. The Morgan fingerprint density at radius 3 is 2.32 bits per heavy atom. The number of benzene rings is 3. The third-order valence-corrected chi connectivity index (χ3v) is 5.81. The lowest BCUT2D eigenvalue weighted by atomic mass is 9.75. The van der Waals surface area contributed by atoms with E-state index in [1.54, 1.807) is 24.3 Å². The van der Waals surface area contributed by atoms with Crippen molar-refractivity contribution in [1.29, 1.82) is 0 Å². The molecule has 34 heavy (non-hydrogen) atoms. The molecule has 5 rings (SSSR count). The first-order valence-electron chi connectivity index (χ1n) is 10.2. The molecule has 4 aromatic rings. The zero-order valence-electron chi connectivity index (χ0n) is 17.3. The molecule has 1 N–H and O–H groups in total. The molecule has 0 aliphatic carbocycles. The molecule has 0 radical (unpaired) electrons. The smallest absolute Gasteiger partial charge is 0.343 e. The van der Waals surface area contributed by atoms with E-state index in [4.69, 9.17) is 9.15 Å². The maximum absolute atomic E-state index is 13.5. The molecule has 1 aromatic heterocycles. The van der Waals surface area contributed by atoms with Crippen LogP contribution in [0.15, 0.2) is 82.0 Å². The van der Waals surface area contributed by atoms with Crippen molar-refractivity contribution in [3.05, 3.63) is 110 Å². The van der Waals surface area contributed by atoms with Gasteiger partial charge in [0.15, 0.2) is 11.5 Å². The van der Waals surface area contributed by atoms with Crippen LogP contribution in [0.25, 0.3) is 11.0 Å². The van der Waals surface area contributed by atoms with E-state index in [0.717, 1.165) is 0 Å². The molecule has 0 saturated heterocycles. The minimum Gasteiger partial charge on any atom is -0.507 e. The zero-order chi connectivity index (χ0) is 24.0. The number of non-ortho nitro benzene ring substituents is 1. The number of nitro benzene ring substituents is 1. The van der Waals surface area contributed by atoms with Gasteiger partial charge in [0.25, 0.3) is 5.69 Å². The molecule has 0 saturated carbocycles. The first-order chi connectivity index (χ1) is 16.4. The van der Waals surface area contributed by atoms with Gasteiger partial charge in [-0.2, -0.15) is 0 Å². The topological polar surface area (TPSA) is 137 Å². The van der Waals surface area contributed by atoms with Crippen LogP contribution in [0.5, 0.6) is 11.5 Å². The molecule has 2 heterocycles. The lowest BCUT2D eigenvalue weighted by Gasteiger charge is -2.31. The zero-order valence-corrected chi connectivity index (χ0v) is 17.3. The van der Waals surface area contributed by atoms with Crippen molar-refractivity contribution in [3.63, 3.8) is 0 Å². The Morgan fingerprint density at radius 2 is 1.62 bits per heavy atom. The normalized spacial score (nSPS) is 17.1. The van der Waals surface area contributed by atoms with E-state index in [9.17, 15) is 29.6 Å². The summed E-state index contributed by atoms with van der Waals surface area (Å²) in [5.41, 5.74) is -0.672. The molecule has 0 unspecified atom stereocenters. The van der Waals surface area contributed by atoms with E-state index in [1.807, 2.05) is 0 Å². The fourth-order valence-corrected chi connectivity index (χ4v) is 4.25. The molecule has 3 aromatic carbocycles. The van der Waals surface area contributed by atoms with Crippen molar-refractivity contribution < 1.29 is 28.8 Å². The lowest BCUT2D eigenvalue weighted by molar-refractivity contribution is -0.384. The van der Waals surface area contributed by atoms with Crippen LogP contribution in [0.2, 0.25) is 0 Å². The molecule has 1 aliphatic heterocycles. The lowest BCUT2D eigenvalue weighted by Crippen LogP contribution is -2.40. The minimum absolute atomic E-state index is 0.0264. The van der Waals surface area contributed by atoms with Crippen molar-refractivity contribution in [2.45, 2.75) is 5.92 Å². The highest BCUT2D eigenvalue weighted by Crippen LogP contribution is 2.45. The van der Waals surface area contributed by atoms with Crippen LogP contribution in [0.1, 0.15) is 27.4 Å². The SMILES string of the molecule is O=C1Oc2c(c(=O)oc3ccccc23)[C@H](c2ccc([N+](=O)[O-])cc2)[C@H]1C(=O)c1ccccc1O. The number of nitro groups is 1. The number of rotatable bonds is 4. The summed E-state index contributed by atoms with van der Waals surface area (Å²) in [6.07, 6.45) is 0. The Hall–Kier alpha value is -4.79. The van der Waals surface area contributed by atoms with Crippen molar-refractivity contribution in [3.8, 4) is 11.5 Å². The van der Waals surface area contributed by atoms with Crippen LogP contribution in [0.4, 0.5) is 5.69 Å². The monoisotopic (exact) mass is 457 g/mol. The number of phenolic OH excluding ortho intramolecular Hbond substituents is 1. The number of carbonyl (C=O) groups is 2. The number of Topliss-reactive ketones (excluding diaryl/α,β-unsaturated/α-hetero) is 1. The first-order valence-corrected chi connectivity index (χ1v) is 10.2. The average molecular weight is 457 g/mol. The molecular weight excluding hydrogens is 442 g/mol. The number of carbonyl (C=O) groups excluding carboxylic acids is 2. The van der Waals surface area contributed by atoms with Crippen LogP contribution < -0.4 is 10.4 Å². The molecule has 2 atom stereocenters. The summed E-state index contributed by atoms with van der Waals surface area (Å²) in [5, 5.41) is 21.7. The van der Waals surface area contributed by atoms with E-state index in [0.29, 0.717) is 10.9 Å². The van der Waals surface area contributed by atoms with Crippen molar-refractivity contribution in [2.75, 3.05) is 0 Å². The number of fused-ring (bicyclic) bond motifs is 3. The van der Waals surface area contributed by atoms with E-state index < -0.39 is 34.1 Å². The average Bonchev–Trinajstić information content (AvgIpc) is 2.83. The van der Waals surface area contributed by atoms with Gasteiger partial charge < -0.3 is 14.3 Å². The molecule has 9 nitrogen and oxygen atoms in total. The summed E-state index contributed by atoms with van der Waals surface area (Å²) in [6, 6.07) is 17.4. The Bertz CT molecular complexity index is 1540. The predicted octanol–water partition coefficient (Wildman–Crippen LogP) is 3.96. The van der Waals surface area contributed by atoms with Crippen LogP contribution in [0.3, 0.4) is 0 Å². The molecule has 0 spiro atoms. The van der Waals surface area contributed by atoms with Crippen molar-refractivity contribution >= 4 is 28.4 Å².